The molecule has 2 heterocycles. The zero-order valence-corrected chi connectivity index (χ0v) is 15.7. The zero-order valence-electron chi connectivity index (χ0n) is 15.0. The maximum atomic E-state index is 12.2. The van der Waals surface area contributed by atoms with E-state index in [0.717, 1.165) is 32.5 Å². The molecule has 1 aliphatic rings. The first kappa shape index (κ1) is 18.7. The molecule has 2 aromatic rings. The molecule has 0 aliphatic carbocycles. The van der Waals surface area contributed by atoms with Crippen LogP contribution in [0.3, 0.4) is 0 Å². The van der Waals surface area contributed by atoms with Crippen LogP contribution in [0, 0.1) is 0 Å². The van der Waals surface area contributed by atoms with Gasteiger partial charge in [0.1, 0.15) is 11.4 Å². The van der Waals surface area contributed by atoms with Crippen LogP contribution in [0.1, 0.15) is 35.7 Å². The molecule has 1 fully saturated rings. The van der Waals surface area contributed by atoms with Crippen LogP contribution in [0.5, 0.6) is 0 Å². The summed E-state index contributed by atoms with van der Waals surface area (Å²) in [5.74, 6) is 0.140. The minimum atomic E-state index is -0.401. The number of rotatable bonds is 6. The van der Waals surface area contributed by atoms with E-state index in [0.29, 0.717) is 23.0 Å². The number of esters is 1. The molecule has 0 saturated carbocycles. The van der Waals surface area contributed by atoms with Crippen LogP contribution in [-0.2, 0) is 11.3 Å². The van der Waals surface area contributed by atoms with Crippen molar-refractivity contribution < 1.29 is 9.53 Å². The van der Waals surface area contributed by atoms with Crippen molar-refractivity contribution in [2.75, 3.05) is 25.0 Å². The van der Waals surface area contributed by atoms with Gasteiger partial charge >= 0.3 is 5.97 Å². The highest BCUT2D eigenvalue weighted by Gasteiger charge is 2.23. The van der Waals surface area contributed by atoms with Gasteiger partial charge in [-0.2, -0.15) is 0 Å². The lowest BCUT2D eigenvalue weighted by molar-refractivity contribution is 0.0527. The van der Waals surface area contributed by atoms with Gasteiger partial charge < -0.3 is 10.1 Å². The minimum Gasteiger partial charge on any atom is -0.462 e. The monoisotopic (exact) mass is 373 g/mol. The number of hydrogen-bond acceptors (Lipinski definition) is 5. The number of likely N-dealkylation sites (tertiary alicyclic amines) is 1. The summed E-state index contributed by atoms with van der Waals surface area (Å²) in [5, 5.41) is 3.84. The van der Waals surface area contributed by atoms with Gasteiger partial charge in [0.25, 0.3) is 0 Å². The Bertz CT molecular complexity index is 739. The number of halogens is 1. The van der Waals surface area contributed by atoms with Crippen LogP contribution in [0.25, 0.3) is 0 Å². The van der Waals surface area contributed by atoms with E-state index in [2.05, 4.69) is 39.5 Å². The van der Waals surface area contributed by atoms with Crippen molar-refractivity contribution in [2.24, 2.45) is 0 Å². The van der Waals surface area contributed by atoms with Crippen LogP contribution in [0.4, 0.5) is 5.82 Å². The van der Waals surface area contributed by atoms with Crippen LogP contribution in [0.15, 0.2) is 42.6 Å². The van der Waals surface area contributed by atoms with Crippen molar-refractivity contribution in [1.29, 1.82) is 0 Å². The minimum absolute atomic E-state index is 0.231. The summed E-state index contributed by atoms with van der Waals surface area (Å²) >= 11 is 6.01. The molecule has 0 bridgehead atoms. The highest BCUT2D eigenvalue weighted by molar-refractivity contribution is 6.30. The third-order valence-electron chi connectivity index (χ3n) is 4.45. The lowest BCUT2D eigenvalue weighted by Crippen LogP contribution is -2.42. The Morgan fingerprint density at radius 1 is 1.38 bits per heavy atom. The van der Waals surface area contributed by atoms with Crippen molar-refractivity contribution in [1.82, 2.24) is 9.88 Å². The van der Waals surface area contributed by atoms with E-state index in [1.54, 1.807) is 19.2 Å². The van der Waals surface area contributed by atoms with Crippen molar-refractivity contribution in [3.63, 3.8) is 0 Å². The van der Waals surface area contributed by atoms with E-state index in [-0.39, 0.29) is 6.04 Å². The van der Waals surface area contributed by atoms with Crippen LogP contribution in [0.2, 0.25) is 5.02 Å². The number of anilines is 1. The van der Waals surface area contributed by atoms with E-state index >= 15 is 0 Å². The molecule has 1 aromatic carbocycles. The molecule has 1 saturated heterocycles. The quantitative estimate of drug-likeness (QED) is 0.776. The molecule has 1 atom stereocenters. The Hall–Kier alpha value is -2.11. The van der Waals surface area contributed by atoms with Crippen LogP contribution >= 0.6 is 11.6 Å². The third kappa shape index (κ3) is 4.96. The molecule has 0 spiro atoms. The van der Waals surface area contributed by atoms with Gasteiger partial charge in [-0.3, -0.25) is 4.90 Å². The molecule has 1 aliphatic heterocycles. The zero-order chi connectivity index (χ0) is 18.4. The molecule has 5 nitrogen and oxygen atoms in total. The molecular weight excluding hydrogens is 350 g/mol. The van der Waals surface area contributed by atoms with Gasteiger partial charge in [-0.25, -0.2) is 9.78 Å². The number of carbonyl (C=O) groups excluding carboxylic acids is 1. The Kier molecular flexibility index (Phi) is 6.47. The van der Waals surface area contributed by atoms with Gasteiger partial charge in [0.05, 0.1) is 11.6 Å². The molecule has 0 radical (unpaired) electrons. The number of nitrogens with one attached hydrogen (secondary N) is 1. The molecule has 1 aromatic heterocycles. The van der Waals surface area contributed by atoms with Crippen molar-refractivity contribution in [2.45, 2.75) is 32.4 Å². The summed E-state index contributed by atoms with van der Waals surface area (Å²) < 4.78 is 5.12. The first-order valence-corrected chi connectivity index (χ1v) is 9.39. The first-order valence-electron chi connectivity index (χ1n) is 9.01. The summed E-state index contributed by atoms with van der Waals surface area (Å²) in [6.45, 7) is 5.01. The topological polar surface area (TPSA) is 54.5 Å². The van der Waals surface area contributed by atoms with E-state index in [9.17, 15) is 4.79 Å². The summed E-state index contributed by atoms with van der Waals surface area (Å²) in [4.78, 5) is 18.9. The van der Waals surface area contributed by atoms with Gasteiger partial charge in [0, 0.05) is 25.3 Å². The van der Waals surface area contributed by atoms with Crippen LogP contribution < -0.4 is 5.32 Å². The molecular formula is C20H24ClN3O2. The van der Waals surface area contributed by atoms with Crippen molar-refractivity contribution in [3.05, 3.63) is 58.7 Å². The summed E-state index contributed by atoms with van der Waals surface area (Å²) in [7, 11) is 0. The second-order valence-corrected chi connectivity index (χ2v) is 6.91. The number of nitrogens with zero attached hydrogens (tertiary/aromatic N) is 2. The van der Waals surface area contributed by atoms with Gasteiger partial charge in [-0.1, -0.05) is 41.9 Å². The fourth-order valence-corrected chi connectivity index (χ4v) is 3.43. The third-order valence-corrected chi connectivity index (χ3v) is 4.65. The lowest BCUT2D eigenvalue weighted by atomic mass is 10.0. The summed E-state index contributed by atoms with van der Waals surface area (Å²) in [5.41, 5.74) is 1.70. The highest BCUT2D eigenvalue weighted by atomic mass is 35.5. The molecule has 6 heteroatoms. The Labute approximate surface area is 159 Å². The Balaban J connectivity index is 1.67. The number of aromatic nitrogens is 1. The number of benzene rings is 1. The van der Waals surface area contributed by atoms with Gasteiger partial charge in [-0.15, -0.1) is 0 Å². The predicted octanol–water partition coefficient (Wildman–Crippen LogP) is 3.99. The maximum Gasteiger partial charge on any atom is 0.341 e. The Morgan fingerprint density at radius 2 is 2.19 bits per heavy atom. The normalized spacial score (nSPS) is 17.7. The van der Waals surface area contributed by atoms with E-state index < -0.39 is 5.97 Å². The predicted molar refractivity (Wildman–Crippen MR) is 104 cm³/mol. The molecule has 0 amide bonds. The van der Waals surface area contributed by atoms with E-state index in [1.165, 1.54) is 5.56 Å². The number of carbonyl (C=O) groups is 1. The standard InChI is InChI=1S/C20H24ClN3O2/c1-2-26-20(25)18-11-16(21)12-22-19(18)23-17-9-6-10-24(14-17)13-15-7-4-3-5-8-15/h3-5,7-8,11-12,17H,2,6,9-10,13-14H2,1H3,(H,22,23)/t17-/m1/s1. The molecule has 3 rings (SSSR count). The second kappa shape index (κ2) is 9.01. The van der Waals surface area contributed by atoms with Gasteiger partial charge in [0.2, 0.25) is 0 Å². The number of pyridine rings is 1. The van der Waals surface area contributed by atoms with E-state index in [4.69, 9.17) is 16.3 Å². The average Bonchev–Trinajstić information content (AvgIpc) is 2.64. The number of hydrogen-bond donors (Lipinski definition) is 1. The van der Waals surface area contributed by atoms with Crippen LogP contribution in [-0.4, -0.2) is 41.6 Å². The second-order valence-electron chi connectivity index (χ2n) is 6.47. The van der Waals surface area contributed by atoms with Crippen molar-refractivity contribution in [3.8, 4) is 0 Å². The fourth-order valence-electron chi connectivity index (χ4n) is 3.27. The maximum absolute atomic E-state index is 12.2. The van der Waals surface area contributed by atoms with E-state index in [1.807, 2.05) is 6.07 Å². The molecule has 0 unspecified atom stereocenters. The van der Waals surface area contributed by atoms with Crippen molar-refractivity contribution >= 4 is 23.4 Å². The first-order chi connectivity index (χ1) is 12.7. The lowest BCUT2D eigenvalue weighted by Gasteiger charge is -2.33. The largest absolute Gasteiger partial charge is 0.462 e. The highest BCUT2D eigenvalue weighted by Crippen LogP contribution is 2.22. The van der Waals surface area contributed by atoms with Gasteiger partial charge in [0.15, 0.2) is 0 Å². The molecule has 26 heavy (non-hydrogen) atoms. The Morgan fingerprint density at radius 3 is 2.96 bits per heavy atom. The number of ether oxygens (including phenoxy) is 1. The average molecular weight is 374 g/mol. The van der Waals surface area contributed by atoms with Gasteiger partial charge in [-0.05, 0) is 37.9 Å². The summed E-state index contributed by atoms with van der Waals surface area (Å²) in [6.07, 6.45) is 3.70. The molecule has 138 valence electrons. The fraction of sp³-hybridized carbons (Fsp3) is 0.400. The smallest absolute Gasteiger partial charge is 0.341 e. The molecule has 1 N–H and O–H groups in total. The summed E-state index contributed by atoms with van der Waals surface area (Å²) in [6, 6.07) is 12.3. The SMILES string of the molecule is CCOC(=O)c1cc(Cl)cnc1N[C@@H]1CCCN(Cc2ccccc2)C1. The number of piperidine rings is 1.